The minimum atomic E-state index is -4.42. The fourth-order valence-corrected chi connectivity index (χ4v) is 2.46. The Kier molecular flexibility index (Phi) is 5.20. The van der Waals surface area contributed by atoms with Gasteiger partial charge in [-0.25, -0.2) is 0 Å². The molecule has 0 heterocycles. The van der Waals surface area contributed by atoms with Crippen LogP contribution >= 0.6 is 0 Å². The Labute approximate surface area is 109 Å². The lowest BCUT2D eigenvalue weighted by molar-refractivity contribution is -0.165. The second-order valence-electron chi connectivity index (χ2n) is 4.87. The lowest BCUT2D eigenvalue weighted by Gasteiger charge is -2.31. The first-order chi connectivity index (χ1) is 8.74. The summed E-state index contributed by atoms with van der Waals surface area (Å²) in [6.45, 7) is 0.199. The number of carbonyl (C=O) groups excluding carboxylic acids is 1. The van der Waals surface area contributed by atoms with E-state index in [-0.39, 0.29) is 13.0 Å². The fraction of sp³-hybridized carbons (Fsp3) is 0.833. The number of rotatable bonds is 4. The van der Waals surface area contributed by atoms with Gasteiger partial charge < -0.3 is 10.0 Å². The summed E-state index contributed by atoms with van der Waals surface area (Å²) in [5, 5.41) is 8.92. The molecular formula is C12H18F3NO3. The quantitative estimate of drug-likeness (QED) is 0.860. The van der Waals surface area contributed by atoms with Crippen molar-refractivity contribution in [2.75, 3.05) is 13.1 Å². The van der Waals surface area contributed by atoms with E-state index in [0.717, 1.165) is 4.90 Å². The van der Waals surface area contributed by atoms with Crippen molar-refractivity contribution in [1.29, 1.82) is 0 Å². The van der Waals surface area contributed by atoms with Gasteiger partial charge >= 0.3 is 12.1 Å². The first-order valence-electron chi connectivity index (χ1n) is 6.33. The fourth-order valence-electron chi connectivity index (χ4n) is 2.46. The van der Waals surface area contributed by atoms with Crippen LogP contribution in [0, 0.1) is 11.8 Å². The zero-order chi connectivity index (χ0) is 14.6. The molecule has 0 saturated heterocycles. The van der Waals surface area contributed by atoms with Crippen LogP contribution in [0.4, 0.5) is 13.2 Å². The van der Waals surface area contributed by atoms with E-state index in [0.29, 0.717) is 19.3 Å². The molecule has 0 unspecified atom stereocenters. The van der Waals surface area contributed by atoms with Crippen LogP contribution in [-0.4, -0.2) is 41.1 Å². The van der Waals surface area contributed by atoms with Gasteiger partial charge in [-0.15, -0.1) is 0 Å². The first kappa shape index (κ1) is 15.8. The summed E-state index contributed by atoms with van der Waals surface area (Å²) >= 11 is 0. The molecule has 0 aliphatic heterocycles. The van der Waals surface area contributed by atoms with Crippen LogP contribution in [0.3, 0.4) is 0 Å². The van der Waals surface area contributed by atoms with Crippen molar-refractivity contribution >= 4 is 11.9 Å². The second kappa shape index (κ2) is 6.25. The SMILES string of the molecule is CCN(CC(F)(F)F)C(=O)[C@@H]1CCC[C@H](C(=O)O)C1. The highest BCUT2D eigenvalue weighted by atomic mass is 19.4. The van der Waals surface area contributed by atoms with Gasteiger partial charge in [-0.2, -0.15) is 13.2 Å². The minimum Gasteiger partial charge on any atom is -0.481 e. The third-order valence-corrected chi connectivity index (χ3v) is 3.44. The van der Waals surface area contributed by atoms with Gasteiger partial charge in [-0.1, -0.05) is 6.42 Å². The maximum absolute atomic E-state index is 12.3. The summed E-state index contributed by atoms with van der Waals surface area (Å²) in [7, 11) is 0. The van der Waals surface area contributed by atoms with Crippen LogP contribution in [0.1, 0.15) is 32.6 Å². The van der Waals surface area contributed by atoms with Gasteiger partial charge in [-0.3, -0.25) is 9.59 Å². The van der Waals surface area contributed by atoms with E-state index in [1.807, 2.05) is 0 Å². The van der Waals surface area contributed by atoms with Crippen LogP contribution in [0.2, 0.25) is 0 Å². The van der Waals surface area contributed by atoms with E-state index in [9.17, 15) is 22.8 Å². The molecule has 0 aromatic rings. The second-order valence-corrected chi connectivity index (χ2v) is 4.87. The van der Waals surface area contributed by atoms with Gasteiger partial charge in [0.25, 0.3) is 0 Å². The van der Waals surface area contributed by atoms with Crippen LogP contribution in [0.15, 0.2) is 0 Å². The molecule has 1 amide bonds. The molecule has 0 spiro atoms. The van der Waals surface area contributed by atoms with Crippen molar-refractivity contribution in [3.63, 3.8) is 0 Å². The van der Waals surface area contributed by atoms with E-state index >= 15 is 0 Å². The van der Waals surface area contributed by atoms with Crippen molar-refractivity contribution in [3.05, 3.63) is 0 Å². The van der Waals surface area contributed by atoms with E-state index in [2.05, 4.69) is 0 Å². The zero-order valence-corrected chi connectivity index (χ0v) is 10.7. The topological polar surface area (TPSA) is 57.6 Å². The molecule has 1 fully saturated rings. The molecule has 110 valence electrons. The Balaban J connectivity index is 2.66. The number of aliphatic carboxylic acids is 1. The molecule has 0 bridgehead atoms. The molecule has 0 aromatic carbocycles. The smallest absolute Gasteiger partial charge is 0.406 e. The van der Waals surface area contributed by atoms with Crippen molar-refractivity contribution in [3.8, 4) is 0 Å². The van der Waals surface area contributed by atoms with Crippen LogP contribution in [0.5, 0.6) is 0 Å². The number of carbonyl (C=O) groups is 2. The Hall–Kier alpha value is -1.27. The number of carboxylic acids is 1. The van der Waals surface area contributed by atoms with E-state index in [4.69, 9.17) is 5.11 Å². The molecular weight excluding hydrogens is 263 g/mol. The van der Waals surface area contributed by atoms with Crippen molar-refractivity contribution in [2.45, 2.75) is 38.8 Å². The van der Waals surface area contributed by atoms with Gasteiger partial charge in [-0.05, 0) is 26.2 Å². The van der Waals surface area contributed by atoms with Crippen molar-refractivity contribution in [2.24, 2.45) is 11.8 Å². The normalized spacial score (nSPS) is 24.0. The van der Waals surface area contributed by atoms with E-state index in [1.165, 1.54) is 6.92 Å². The summed E-state index contributed by atoms with van der Waals surface area (Å²) in [5.41, 5.74) is 0. The Morgan fingerprint density at radius 2 is 1.84 bits per heavy atom. The maximum Gasteiger partial charge on any atom is 0.406 e. The molecule has 4 nitrogen and oxygen atoms in total. The monoisotopic (exact) mass is 281 g/mol. The van der Waals surface area contributed by atoms with Gasteiger partial charge in [0.1, 0.15) is 6.54 Å². The first-order valence-corrected chi connectivity index (χ1v) is 6.33. The standard InChI is InChI=1S/C12H18F3NO3/c1-2-16(7-12(13,14)15)10(17)8-4-3-5-9(6-8)11(18)19/h8-9H,2-7H2,1H3,(H,18,19)/t8-,9+/m1/s1. The number of halogens is 3. The molecule has 1 N–H and O–H groups in total. The Bertz CT molecular complexity index is 344. The maximum atomic E-state index is 12.3. The average molecular weight is 281 g/mol. The lowest BCUT2D eigenvalue weighted by atomic mass is 9.80. The largest absolute Gasteiger partial charge is 0.481 e. The highest BCUT2D eigenvalue weighted by molar-refractivity contribution is 5.80. The number of hydrogen-bond acceptors (Lipinski definition) is 2. The van der Waals surface area contributed by atoms with E-state index < -0.39 is 36.4 Å². The van der Waals surface area contributed by atoms with Crippen LogP contribution < -0.4 is 0 Å². The lowest BCUT2D eigenvalue weighted by Crippen LogP contribution is -2.43. The molecule has 19 heavy (non-hydrogen) atoms. The summed E-state index contributed by atoms with van der Waals surface area (Å²) in [6, 6.07) is 0. The number of amides is 1. The summed E-state index contributed by atoms with van der Waals surface area (Å²) < 4.78 is 37.0. The third kappa shape index (κ3) is 4.72. The number of hydrogen-bond donors (Lipinski definition) is 1. The molecule has 1 aliphatic carbocycles. The highest BCUT2D eigenvalue weighted by Gasteiger charge is 2.37. The number of alkyl halides is 3. The minimum absolute atomic E-state index is 0.0212. The van der Waals surface area contributed by atoms with Crippen molar-refractivity contribution in [1.82, 2.24) is 4.90 Å². The molecule has 2 atom stereocenters. The van der Waals surface area contributed by atoms with Crippen molar-refractivity contribution < 1.29 is 27.9 Å². The molecule has 1 aliphatic rings. The highest BCUT2D eigenvalue weighted by Crippen LogP contribution is 2.31. The van der Waals surface area contributed by atoms with Crippen LogP contribution in [-0.2, 0) is 9.59 Å². The summed E-state index contributed by atoms with van der Waals surface area (Å²) in [4.78, 5) is 23.7. The average Bonchev–Trinajstić information content (AvgIpc) is 2.34. The predicted octanol–water partition coefficient (Wildman–Crippen LogP) is 2.29. The van der Waals surface area contributed by atoms with E-state index in [1.54, 1.807) is 0 Å². The van der Waals surface area contributed by atoms with Crippen LogP contribution in [0.25, 0.3) is 0 Å². The predicted molar refractivity (Wildman–Crippen MR) is 61.4 cm³/mol. The summed E-state index contributed by atoms with van der Waals surface area (Å²) in [5.74, 6) is -2.77. The molecule has 7 heteroatoms. The Morgan fingerprint density at radius 3 is 2.32 bits per heavy atom. The van der Waals surface area contributed by atoms with Gasteiger partial charge in [0.15, 0.2) is 0 Å². The van der Waals surface area contributed by atoms with Gasteiger partial charge in [0, 0.05) is 12.5 Å². The molecule has 0 aromatic heterocycles. The Morgan fingerprint density at radius 1 is 1.26 bits per heavy atom. The molecule has 0 radical (unpaired) electrons. The number of nitrogens with zero attached hydrogens (tertiary/aromatic N) is 1. The summed E-state index contributed by atoms with van der Waals surface area (Å²) in [6.07, 6.45) is -2.76. The molecule has 1 rings (SSSR count). The zero-order valence-electron chi connectivity index (χ0n) is 10.7. The molecule has 1 saturated carbocycles. The van der Waals surface area contributed by atoms with Gasteiger partial charge in [0.2, 0.25) is 5.91 Å². The van der Waals surface area contributed by atoms with Gasteiger partial charge in [0.05, 0.1) is 5.92 Å². The number of carboxylic acid groups (broad SMARTS) is 1. The third-order valence-electron chi connectivity index (χ3n) is 3.44.